The Morgan fingerprint density at radius 2 is 1.53 bits per heavy atom. The number of carbonyl (C=O) groups excluding carboxylic acids is 1. The molecular weight excluding hydrogens is 444 g/mol. The molecule has 0 aromatic heterocycles. The predicted octanol–water partition coefficient (Wildman–Crippen LogP) is 6.08. The molecule has 0 saturated heterocycles. The predicted molar refractivity (Wildman–Crippen MR) is 143 cm³/mol. The molecule has 0 bridgehead atoms. The van der Waals surface area contributed by atoms with Crippen LogP contribution in [0.1, 0.15) is 33.9 Å². The Labute approximate surface area is 211 Å². The minimum atomic E-state index is -1.20. The van der Waals surface area contributed by atoms with Crippen molar-refractivity contribution in [1.82, 2.24) is 0 Å². The molecule has 2 aliphatic heterocycles. The first-order valence-electron chi connectivity index (χ1n) is 12.5. The number of anilines is 1. The maximum atomic E-state index is 14.1. The Morgan fingerprint density at radius 1 is 0.861 bits per heavy atom. The van der Waals surface area contributed by atoms with Crippen molar-refractivity contribution < 1.29 is 9.53 Å². The maximum Gasteiger partial charge on any atom is 0.296 e. The quantitative estimate of drug-likeness (QED) is 0.353. The molecule has 36 heavy (non-hydrogen) atoms. The van der Waals surface area contributed by atoms with Crippen LogP contribution in [0.15, 0.2) is 114 Å². The van der Waals surface area contributed by atoms with Crippen LogP contribution in [-0.4, -0.2) is 24.0 Å². The van der Waals surface area contributed by atoms with Gasteiger partial charge in [0.15, 0.2) is 0 Å². The molecule has 0 N–H and O–H groups in total. The summed E-state index contributed by atoms with van der Waals surface area (Å²) in [5.74, 6) is 0.160. The molecule has 6 rings (SSSR count). The number of nitrogens with zero attached hydrogens (tertiary/aromatic N) is 2. The van der Waals surface area contributed by atoms with Gasteiger partial charge in [0, 0.05) is 24.2 Å². The lowest BCUT2D eigenvalue weighted by atomic mass is 9.77. The van der Waals surface area contributed by atoms with Crippen LogP contribution in [0.3, 0.4) is 0 Å². The fraction of sp³-hybridized carbons (Fsp3) is 0.188. The number of benzene rings is 4. The molecule has 178 valence electrons. The van der Waals surface area contributed by atoms with E-state index < -0.39 is 5.60 Å². The monoisotopic (exact) mass is 472 g/mol. The first-order valence-corrected chi connectivity index (χ1v) is 12.5. The highest BCUT2D eigenvalue weighted by molar-refractivity contribution is 6.10. The second kappa shape index (κ2) is 9.12. The highest BCUT2D eigenvalue weighted by Gasteiger charge is 2.57. The molecule has 0 aliphatic carbocycles. The summed E-state index contributed by atoms with van der Waals surface area (Å²) in [6.45, 7) is 2.88. The third-order valence-corrected chi connectivity index (χ3v) is 7.26. The second-order valence-corrected chi connectivity index (χ2v) is 9.62. The lowest BCUT2D eigenvalue weighted by Gasteiger charge is -2.46. The third-order valence-electron chi connectivity index (χ3n) is 7.26. The van der Waals surface area contributed by atoms with E-state index in [1.165, 1.54) is 11.1 Å². The first-order chi connectivity index (χ1) is 17.6. The summed E-state index contributed by atoms with van der Waals surface area (Å²) in [5, 5.41) is 0. The molecule has 2 heterocycles. The topological polar surface area (TPSA) is 41.9 Å². The molecule has 0 fully saturated rings. The molecule has 4 aromatic rings. The van der Waals surface area contributed by atoms with Gasteiger partial charge >= 0.3 is 0 Å². The van der Waals surface area contributed by atoms with Gasteiger partial charge in [0.25, 0.3) is 5.91 Å². The number of amides is 1. The van der Waals surface area contributed by atoms with Crippen molar-refractivity contribution >= 4 is 17.5 Å². The van der Waals surface area contributed by atoms with Gasteiger partial charge in [-0.3, -0.25) is 4.79 Å². The van der Waals surface area contributed by atoms with Crippen molar-refractivity contribution in [3.05, 3.63) is 137 Å². The maximum absolute atomic E-state index is 14.1. The minimum absolute atomic E-state index is 0.232. The van der Waals surface area contributed by atoms with E-state index in [0.29, 0.717) is 12.3 Å². The average Bonchev–Trinajstić information content (AvgIpc) is 3.26. The number of aliphatic imine (C=N–C) groups is 1. The van der Waals surface area contributed by atoms with Gasteiger partial charge < -0.3 is 9.64 Å². The summed E-state index contributed by atoms with van der Waals surface area (Å²) in [6.07, 6.45) is 1.33. The van der Waals surface area contributed by atoms with E-state index in [-0.39, 0.29) is 11.9 Å². The smallest absolute Gasteiger partial charge is 0.296 e. The molecule has 4 aromatic carbocycles. The Balaban J connectivity index is 1.53. The van der Waals surface area contributed by atoms with E-state index in [9.17, 15) is 4.79 Å². The van der Waals surface area contributed by atoms with E-state index in [2.05, 4.69) is 77.5 Å². The number of fused-ring (bicyclic) bond motifs is 1. The Kier molecular flexibility index (Phi) is 5.65. The molecule has 4 nitrogen and oxygen atoms in total. The van der Waals surface area contributed by atoms with Crippen molar-refractivity contribution in [1.29, 1.82) is 0 Å². The molecule has 2 aliphatic rings. The van der Waals surface area contributed by atoms with Gasteiger partial charge in [-0.2, -0.15) is 4.99 Å². The Morgan fingerprint density at radius 3 is 2.28 bits per heavy atom. The summed E-state index contributed by atoms with van der Waals surface area (Å²) in [4.78, 5) is 21.0. The van der Waals surface area contributed by atoms with Gasteiger partial charge in [0.2, 0.25) is 11.5 Å². The van der Waals surface area contributed by atoms with Crippen LogP contribution in [0, 0.1) is 6.92 Å². The minimum Gasteiger partial charge on any atom is -0.457 e. The average molecular weight is 473 g/mol. The van der Waals surface area contributed by atoms with E-state index in [1.54, 1.807) is 0 Å². The van der Waals surface area contributed by atoms with Crippen LogP contribution >= 0.6 is 0 Å². The van der Waals surface area contributed by atoms with E-state index in [0.717, 1.165) is 35.3 Å². The zero-order valence-electron chi connectivity index (χ0n) is 20.3. The molecule has 0 unspecified atom stereocenters. The van der Waals surface area contributed by atoms with Crippen molar-refractivity contribution in [3.8, 4) is 0 Å². The van der Waals surface area contributed by atoms with Crippen LogP contribution in [0.4, 0.5) is 5.69 Å². The second-order valence-electron chi connectivity index (χ2n) is 9.62. The van der Waals surface area contributed by atoms with Crippen LogP contribution in [-0.2, 0) is 22.4 Å². The molecule has 2 atom stereocenters. The molecule has 1 amide bonds. The van der Waals surface area contributed by atoms with Gasteiger partial charge in [-0.25, -0.2) is 0 Å². The Hall–Kier alpha value is -4.18. The van der Waals surface area contributed by atoms with Gasteiger partial charge in [-0.1, -0.05) is 90.5 Å². The third kappa shape index (κ3) is 3.89. The number of rotatable bonds is 5. The lowest BCUT2D eigenvalue weighted by Crippen LogP contribution is -2.55. The first kappa shape index (κ1) is 22.3. The highest BCUT2D eigenvalue weighted by atomic mass is 16.5. The van der Waals surface area contributed by atoms with E-state index in [4.69, 9.17) is 4.74 Å². The number of hydrogen-bond acceptors (Lipinski definition) is 3. The summed E-state index contributed by atoms with van der Waals surface area (Å²) in [6, 6.07) is 36.5. The highest BCUT2D eigenvalue weighted by Crippen LogP contribution is 2.46. The summed E-state index contributed by atoms with van der Waals surface area (Å²) < 4.78 is 6.78. The van der Waals surface area contributed by atoms with Gasteiger partial charge in [0.05, 0.1) is 0 Å². The Bertz CT molecular complexity index is 1410. The van der Waals surface area contributed by atoms with Crippen LogP contribution in [0.2, 0.25) is 0 Å². The zero-order chi connectivity index (χ0) is 24.5. The van der Waals surface area contributed by atoms with Crippen molar-refractivity contribution in [2.75, 3.05) is 11.4 Å². The van der Waals surface area contributed by atoms with Crippen LogP contribution in [0.25, 0.3) is 0 Å². The number of ether oxygens (including phenoxy) is 1. The van der Waals surface area contributed by atoms with Gasteiger partial charge in [-0.15, -0.1) is 0 Å². The number of hydrogen-bond donors (Lipinski definition) is 0. The standard InChI is InChI=1S/C32H28N2O2/c1-23-16-18-27(19-17-23)34-21-20-25-12-8-9-15-28(25)29(34)32(22-24-10-4-2-5-11-24)31(35)33-30(36-32)26-13-6-3-7-14-26/h2-19,29H,20-22H2,1H3/t29-,32-/m0/s1. The fourth-order valence-corrected chi connectivity index (χ4v) is 5.49. The molecule has 0 saturated carbocycles. The molecular formula is C32H28N2O2. The molecule has 0 spiro atoms. The largest absolute Gasteiger partial charge is 0.457 e. The van der Waals surface area contributed by atoms with Crippen molar-refractivity contribution in [3.63, 3.8) is 0 Å². The zero-order valence-corrected chi connectivity index (χ0v) is 20.3. The SMILES string of the molecule is Cc1ccc(N2CCc3ccccc3[C@H]2[C@]2(Cc3ccccc3)OC(c3ccccc3)=NC2=O)cc1. The summed E-state index contributed by atoms with van der Waals surface area (Å²) >= 11 is 0. The normalized spacial score (nSPS) is 21.0. The van der Waals surface area contributed by atoms with Crippen molar-refractivity contribution in [2.24, 2.45) is 4.99 Å². The molecule has 4 heteroatoms. The summed E-state index contributed by atoms with van der Waals surface area (Å²) in [7, 11) is 0. The van der Waals surface area contributed by atoms with Crippen molar-refractivity contribution in [2.45, 2.75) is 31.4 Å². The van der Waals surface area contributed by atoms with E-state index >= 15 is 0 Å². The molecule has 0 radical (unpaired) electrons. The van der Waals surface area contributed by atoms with Gasteiger partial charge in [-0.05, 0) is 54.3 Å². The van der Waals surface area contributed by atoms with E-state index in [1.807, 2.05) is 48.5 Å². The van der Waals surface area contributed by atoms with Crippen LogP contribution < -0.4 is 4.90 Å². The van der Waals surface area contributed by atoms with Gasteiger partial charge in [0.1, 0.15) is 6.04 Å². The fourth-order valence-electron chi connectivity index (χ4n) is 5.49. The van der Waals surface area contributed by atoms with Crippen LogP contribution in [0.5, 0.6) is 0 Å². The lowest BCUT2D eigenvalue weighted by molar-refractivity contribution is -0.133. The summed E-state index contributed by atoms with van der Waals surface area (Å²) in [5.41, 5.74) is 5.32. The number of carbonyl (C=O) groups is 1. The number of aryl methyl sites for hydroxylation is 1.